The summed E-state index contributed by atoms with van der Waals surface area (Å²) in [7, 11) is 4.81. The molecular formula is C20H26FN7O3. The number of carbonyl (C=O) groups is 1. The second-order valence-corrected chi connectivity index (χ2v) is 7.10. The van der Waals surface area contributed by atoms with Gasteiger partial charge in [0.25, 0.3) is 5.91 Å². The summed E-state index contributed by atoms with van der Waals surface area (Å²) >= 11 is 0. The van der Waals surface area contributed by atoms with Gasteiger partial charge in [0.15, 0.2) is 11.6 Å². The highest BCUT2D eigenvalue weighted by molar-refractivity contribution is 6.02. The molecule has 166 valence electrons. The van der Waals surface area contributed by atoms with Gasteiger partial charge < -0.3 is 31.6 Å². The third-order valence-corrected chi connectivity index (χ3v) is 4.84. The molecule has 0 saturated carbocycles. The fraction of sp³-hybridized carbons (Fsp3) is 0.350. The number of ether oxygens (including phenoxy) is 2. The van der Waals surface area contributed by atoms with Gasteiger partial charge in [-0.25, -0.2) is 9.37 Å². The lowest BCUT2D eigenvalue weighted by molar-refractivity contribution is 0.100. The molecule has 10 nitrogen and oxygen atoms in total. The smallest absolute Gasteiger partial charge is 0.252 e. The van der Waals surface area contributed by atoms with E-state index in [0.717, 1.165) is 11.6 Å². The van der Waals surface area contributed by atoms with Crippen molar-refractivity contribution in [1.82, 2.24) is 14.8 Å². The number of methoxy groups -OCH3 is 2. The first-order chi connectivity index (χ1) is 14.8. The second kappa shape index (κ2) is 9.14. The van der Waals surface area contributed by atoms with Crippen LogP contribution in [0.2, 0.25) is 0 Å². The summed E-state index contributed by atoms with van der Waals surface area (Å²) in [6, 6.07) is 5.73. The molecule has 0 aliphatic carbocycles. The van der Waals surface area contributed by atoms with E-state index in [1.165, 1.54) is 14.2 Å². The van der Waals surface area contributed by atoms with Gasteiger partial charge in [0.05, 0.1) is 41.9 Å². The summed E-state index contributed by atoms with van der Waals surface area (Å²) in [5.41, 5.74) is 12.7. The number of amides is 1. The lowest BCUT2D eigenvalue weighted by Crippen LogP contribution is -2.41. The number of nitrogens with zero attached hydrogens (tertiary/aromatic N) is 3. The molecule has 11 heteroatoms. The van der Waals surface area contributed by atoms with E-state index < -0.39 is 17.8 Å². The molecule has 6 N–H and O–H groups in total. The number of benzene rings is 1. The third kappa shape index (κ3) is 4.52. The van der Waals surface area contributed by atoms with Crippen LogP contribution < -0.4 is 26.8 Å². The van der Waals surface area contributed by atoms with Crippen molar-refractivity contribution < 1.29 is 18.7 Å². The van der Waals surface area contributed by atoms with Gasteiger partial charge in [0.1, 0.15) is 5.82 Å². The van der Waals surface area contributed by atoms with Gasteiger partial charge in [-0.2, -0.15) is 0 Å². The first-order valence-corrected chi connectivity index (χ1v) is 9.55. The van der Waals surface area contributed by atoms with Crippen LogP contribution in [0.3, 0.4) is 0 Å². The summed E-state index contributed by atoms with van der Waals surface area (Å²) < 4.78 is 26.9. The number of fused-ring (bicyclic) bond motifs is 1. The quantitative estimate of drug-likeness (QED) is 0.401. The molecule has 31 heavy (non-hydrogen) atoms. The summed E-state index contributed by atoms with van der Waals surface area (Å²) in [6.45, 7) is 2.01. The average Bonchev–Trinajstić information content (AvgIpc) is 3.06. The largest absolute Gasteiger partial charge is 0.479 e. The van der Waals surface area contributed by atoms with E-state index in [4.69, 9.17) is 20.9 Å². The number of hydrogen-bond donors (Lipinski definition) is 4. The van der Waals surface area contributed by atoms with Gasteiger partial charge in [-0.15, -0.1) is 5.10 Å². The molecule has 0 bridgehead atoms. The number of aromatic nitrogens is 3. The van der Waals surface area contributed by atoms with Crippen molar-refractivity contribution >= 4 is 34.1 Å². The molecule has 3 rings (SSSR count). The molecule has 0 spiro atoms. The van der Waals surface area contributed by atoms with Gasteiger partial charge in [-0.1, -0.05) is 6.07 Å². The molecule has 3 aromatic rings. The van der Waals surface area contributed by atoms with E-state index in [9.17, 15) is 9.18 Å². The number of rotatable bonds is 9. The highest BCUT2D eigenvalue weighted by Gasteiger charge is 2.22. The van der Waals surface area contributed by atoms with Crippen LogP contribution in [0.1, 0.15) is 17.3 Å². The van der Waals surface area contributed by atoms with Gasteiger partial charge in [0.2, 0.25) is 5.88 Å². The Labute approximate surface area is 178 Å². The zero-order valence-electron chi connectivity index (χ0n) is 17.8. The Balaban J connectivity index is 2.08. The van der Waals surface area contributed by atoms with Crippen LogP contribution in [0, 0.1) is 5.82 Å². The molecule has 2 heterocycles. The number of nitrogens with two attached hydrogens (primary N) is 2. The van der Waals surface area contributed by atoms with E-state index in [-0.39, 0.29) is 29.8 Å². The first-order valence-electron chi connectivity index (χ1n) is 9.55. The minimum absolute atomic E-state index is 0.0793. The lowest BCUT2D eigenvalue weighted by Gasteiger charge is -2.23. The molecule has 0 aliphatic rings. The molecule has 0 aliphatic heterocycles. The average molecular weight is 431 g/mol. The van der Waals surface area contributed by atoms with Crippen LogP contribution in [-0.2, 0) is 11.8 Å². The highest BCUT2D eigenvalue weighted by atomic mass is 19.1. The third-order valence-electron chi connectivity index (χ3n) is 4.84. The fourth-order valence-corrected chi connectivity index (χ4v) is 3.20. The van der Waals surface area contributed by atoms with Gasteiger partial charge in [-0.05, 0) is 25.1 Å². The maximum absolute atomic E-state index is 14.7. The van der Waals surface area contributed by atoms with E-state index in [1.807, 2.05) is 12.1 Å². The minimum Gasteiger partial charge on any atom is -0.479 e. The predicted octanol–water partition coefficient (Wildman–Crippen LogP) is 1.73. The van der Waals surface area contributed by atoms with Crippen molar-refractivity contribution in [3.05, 3.63) is 35.6 Å². The Morgan fingerprint density at radius 1 is 1.32 bits per heavy atom. The normalized spacial score (nSPS) is 13.1. The molecule has 1 amide bonds. The number of primary amides is 1. The standard InChI is InChI=1S/C20H26FN7O3/c1-10(22)14(9-30-3)25-19-12(21)8-11(17(23)29)18(26-19)24-13-6-5-7-15-16(13)20(31-4)27-28(15)2/h5-8,10,14H,9,22H2,1-4H3,(H2,23,29)(H2,24,25,26)/t10-,14+/m0/s1. The SMILES string of the molecule is COC[C@@H](Nc1nc(Nc2cccc3c2c(OC)nn3C)c(C(N)=O)cc1F)[C@H](C)N. The monoisotopic (exact) mass is 431 g/mol. The Bertz CT molecular complexity index is 1100. The predicted molar refractivity (Wildman–Crippen MR) is 116 cm³/mol. The van der Waals surface area contributed by atoms with Crippen LogP contribution in [0.5, 0.6) is 5.88 Å². The van der Waals surface area contributed by atoms with E-state index >= 15 is 0 Å². The Morgan fingerprint density at radius 2 is 2.06 bits per heavy atom. The van der Waals surface area contributed by atoms with Crippen LogP contribution in [0.15, 0.2) is 24.3 Å². The second-order valence-electron chi connectivity index (χ2n) is 7.10. The van der Waals surface area contributed by atoms with Crippen molar-refractivity contribution in [2.24, 2.45) is 18.5 Å². The molecule has 0 fully saturated rings. The number of hydrogen-bond acceptors (Lipinski definition) is 8. The van der Waals surface area contributed by atoms with Gasteiger partial charge in [-0.3, -0.25) is 9.48 Å². The van der Waals surface area contributed by atoms with Crippen molar-refractivity contribution in [2.45, 2.75) is 19.0 Å². The molecule has 0 unspecified atom stereocenters. The molecule has 0 radical (unpaired) electrons. The molecular weight excluding hydrogens is 405 g/mol. The number of halogens is 1. The van der Waals surface area contributed by atoms with Crippen LogP contribution in [0.4, 0.5) is 21.7 Å². The summed E-state index contributed by atoms with van der Waals surface area (Å²) in [6.07, 6.45) is 0. The summed E-state index contributed by atoms with van der Waals surface area (Å²) in [4.78, 5) is 16.3. The van der Waals surface area contributed by atoms with Crippen molar-refractivity contribution in [3.63, 3.8) is 0 Å². The van der Waals surface area contributed by atoms with Crippen molar-refractivity contribution in [1.29, 1.82) is 0 Å². The summed E-state index contributed by atoms with van der Waals surface area (Å²) in [5, 5.41) is 11.0. The molecule has 1 aromatic carbocycles. The van der Waals surface area contributed by atoms with Crippen LogP contribution >= 0.6 is 0 Å². The fourth-order valence-electron chi connectivity index (χ4n) is 3.20. The maximum Gasteiger partial charge on any atom is 0.252 e. The number of nitrogens with one attached hydrogen (secondary N) is 2. The van der Waals surface area contributed by atoms with Crippen molar-refractivity contribution in [3.8, 4) is 5.88 Å². The van der Waals surface area contributed by atoms with E-state index in [2.05, 4.69) is 20.7 Å². The Morgan fingerprint density at radius 3 is 2.68 bits per heavy atom. The summed E-state index contributed by atoms with van der Waals surface area (Å²) in [5.74, 6) is -1.18. The van der Waals surface area contributed by atoms with Gasteiger partial charge >= 0.3 is 0 Å². The van der Waals surface area contributed by atoms with E-state index in [1.54, 1.807) is 24.7 Å². The Kier molecular flexibility index (Phi) is 6.56. The molecule has 2 aromatic heterocycles. The topological polar surface area (TPSA) is 142 Å². The van der Waals surface area contributed by atoms with Crippen LogP contribution in [0.25, 0.3) is 10.9 Å². The minimum atomic E-state index is -0.827. The zero-order chi connectivity index (χ0) is 22.7. The number of pyridine rings is 1. The first kappa shape index (κ1) is 22.2. The number of anilines is 3. The van der Waals surface area contributed by atoms with E-state index in [0.29, 0.717) is 17.0 Å². The molecule has 0 saturated heterocycles. The zero-order valence-corrected chi connectivity index (χ0v) is 17.8. The maximum atomic E-state index is 14.7. The highest BCUT2D eigenvalue weighted by Crippen LogP contribution is 2.34. The van der Waals surface area contributed by atoms with Crippen molar-refractivity contribution in [2.75, 3.05) is 31.5 Å². The Hall–Kier alpha value is -3.44. The lowest BCUT2D eigenvalue weighted by atomic mass is 10.1. The molecule has 2 atom stereocenters. The number of carbonyl (C=O) groups excluding carboxylic acids is 1. The number of aryl methyl sites for hydroxylation is 1. The van der Waals surface area contributed by atoms with Gasteiger partial charge in [0, 0.05) is 20.2 Å². The van der Waals surface area contributed by atoms with Crippen LogP contribution in [-0.4, -0.2) is 53.6 Å².